The molecule has 0 unspecified atom stereocenters. The van der Waals surface area contributed by atoms with Gasteiger partial charge in [0.05, 0.1) is 6.42 Å². The van der Waals surface area contributed by atoms with Gasteiger partial charge in [-0.25, -0.2) is 4.79 Å². The van der Waals surface area contributed by atoms with E-state index in [4.69, 9.17) is 5.11 Å². The molecule has 5 heteroatoms. The number of hydrogen-bond acceptors (Lipinski definition) is 2. The van der Waals surface area contributed by atoms with Crippen LogP contribution in [0.4, 0.5) is 10.5 Å². The number of carbonyl (C=O) groups is 2. The second kappa shape index (κ2) is 5.16. The van der Waals surface area contributed by atoms with Crippen LogP contribution in [0.5, 0.6) is 0 Å². The molecule has 1 aromatic rings. The van der Waals surface area contributed by atoms with E-state index in [-0.39, 0.29) is 12.5 Å². The van der Waals surface area contributed by atoms with Gasteiger partial charge in [-0.05, 0) is 17.7 Å². The van der Waals surface area contributed by atoms with E-state index in [9.17, 15) is 9.59 Å². The van der Waals surface area contributed by atoms with E-state index in [1.54, 1.807) is 38.4 Å². The van der Waals surface area contributed by atoms with Gasteiger partial charge in [0.25, 0.3) is 0 Å². The van der Waals surface area contributed by atoms with Crippen molar-refractivity contribution in [3.05, 3.63) is 29.8 Å². The molecule has 0 bridgehead atoms. The quantitative estimate of drug-likeness (QED) is 0.812. The van der Waals surface area contributed by atoms with E-state index in [0.29, 0.717) is 11.3 Å². The summed E-state index contributed by atoms with van der Waals surface area (Å²) in [6.07, 6.45) is -0.0499. The van der Waals surface area contributed by atoms with Crippen LogP contribution < -0.4 is 5.32 Å². The van der Waals surface area contributed by atoms with E-state index in [0.717, 1.165) is 0 Å². The maximum absolute atomic E-state index is 11.3. The maximum Gasteiger partial charge on any atom is 0.321 e. The second-order valence-corrected chi connectivity index (χ2v) is 3.60. The van der Waals surface area contributed by atoms with Crippen LogP contribution in [0.15, 0.2) is 24.3 Å². The van der Waals surface area contributed by atoms with Gasteiger partial charge in [-0.1, -0.05) is 12.1 Å². The summed E-state index contributed by atoms with van der Waals surface area (Å²) in [5.74, 6) is -0.893. The summed E-state index contributed by atoms with van der Waals surface area (Å²) >= 11 is 0. The van der Waals surface area contributed by atoms with Crippen molar-refractivity contribution in [2.75, 3.05) is 19.4 Å². The number of carbonyl (C=O) groups excluding carboxylic acids is 1. The SMILES string of the molecule is CN(C)C(=O)Nc1cccc(CC(=O)O)c1. The zero-order chi connectivity index (χ0) is 12.1. The van der Waals surface area contributed by atoms with E-state index >= 15 is 0 Å². The minimum Gasteiger partial charge on any atom is -0.481 e. The number of nitrogens with zero attached hydrogens (tertiary/aromatic N) is 1. The third-order valence-electron chi connectivity index (χ3n) is 1.94. The number of urea groups is 1. The fourth-order valence-corrected chi connectivity index (χ4v) is 1.17. The first kappa shape index (κ1) is 12.0. The number of anilines is 1. The highest BCUT2D eigenvalue weighted by molar-refractivity contribution is 5.89. The summed E-state index contributed by atoms with van der Waals surface area (Å²) in [7, 11) is 3.27. The third-order valence-corrected chi connectivity index (χ3v) is 1.94. The minimum absolute atomic E-state index is 0.0499. The Balaban J connectivity index is 2.74. The highest BCUT2D eigenvalue weighted by Crippen LogP contribution is 2.11. The molecular formula is C11H14N2O3. The lowest BCUT2D eigenvalue weighted by atomic mass is 10.1. The summed E-state index contributed by atoms with van der Waals surface area (Å²) in [4.78, 5) is 23.3. The van der Waals surface area contributed by atoms with Gasteiger partial charge in [-0.2, -0.15) is 0 Å². The standard InChI is InChI=1S/C11H14N2O3/c1-13(2)11(16)12-9-5-3-4-8(6-9)7-10(14)15/h3-6H,7H2,1-2H3,(H,12,16)(H,14,15). The summed E-state index contributed by atoms with van der Waals surface area (Å²) < 4.78 is 0. The number of benzene rings is 1. The number of nitrogens with one attached hydrogen (secondary N) is 1. The van der Waals surface area contributed by atoms with E-state index in [1.165, 1.54) is 4.90 Å². The second-order valence-electron chi connectivity index (χ2n) is 3.60. The van der Waals surface area contributed by atoms with E-state index in [2.05, 4.69) is 5.32 Å². The smallest absolute Gasteiger partial charge is 0.321 e. The third kappa shape index (κ3) is 3.61. The van der Waals surface area contributed by atoms with Gasteiger partial charge < -0.3 is 15.3 Å². The monoisotopic (exact) mass is 222 g/mol. The molecule has 0 saturated heterocycles. The molecule has 0 fully saturated rings. The summed E-state index contributed by atoms with van der Waals surface area (Å²) in [5.41, 5.74) is 1.25. The van der Waals surface area contributed by atoms with Gasteiger partial charge in [0.2, 0.25) is 0 Å². The first-order chi connectivity index (χ1) is 7.49. The Labute approximate surface area is 93.7 Å². The molecule has 0 atom stereocenters. The Bertz CT molecular complexity index is 402. The van der Waals surface area contributed by atoms with Crippen LogP contribution in [0, 0.1) is 0 Å². The number of hydrogen-bond donors (Lipinski definition) is 2. The fraction of sp³-hybridized carbons (Fsp3) is 0.273. The zero-order valence-corrected chi connectivity index (χ0v) is 9.23. The molecule has 0 spiro atoms. The zero-order valence-electron chi connectivity index (χ0n) is 9.23. The van der Waals surface area contributed by atoms with Gasteiger partial charge in [0.1, 0.15) is 0 Å². The lowest BCUT2D eigenvalue weighted by molar-refractivity contribution is -0.136. The molecule has 0 aliphatic heterocycles. The molecule has 16 heavy (non-hydrogen) atoms. The van der Waals surface area contributed by atoms with Crippen LogP contribution in [-0.2, 0) is 11.2 Å². The molecule has 2 N–H and O–H groups in total. The van der Waals surface area contributed by atoms with Gasteiger partial charge in [0, 0.05) is 19.8 Å². The number of amides is 2. The topological polar surface area (TPSA) is 69.6 Å². The Morgan fingerprint density at radius 3 is 2.62 bits per heavy atom. The molecule has 1 aromatic carbocycles. The van der Waals surface area contributed by atoms with E-state index < -0.39 is 5.97 Å². The Hall–Kier alpha value is -2.04. The average molecular weight is 222 g/mol. The molecule has 0 saturated carbocycles. The summed E-state index contributed by atoms with van der Waals surface area (Å²) in [5, 5.41) is 11.3. The molecule has 86 valence electrons. The fourth-order valence-electron chi connectivity index (χ4n) is 1.17. The molecular weight excluding hydrogens is 208 g/mol. The summed E-state index contributed by atoms with van der Waals surface area (Å²) in [6.45, 7) is 0. The van der Waals surface area contributed by atoms with Gasteiger partial charge in [0.15, 0.2) is 0 Å². The molecule has 5 nitrogen and oxygen atoms in total. The Morgan fingerprint density at radius 1 is 1.38 bits per heavy atom. The lowest BCUT2D eigenvalue weighted by Crippen LogP contribution is -2.27. The van der Waals surface area contributed by atoms with Crippen LogP contribution >= 0.6 is 0 Å². The Morgan fingerprint density at radius 2 is 2.06 bits per heavy atom. The molecule has 2 amide bonds. The minimum atomic E-state index is -0.893. The van der Waals surface area contributed by atoms with Crippen molar-refractivity contribution in [1.29, 1.82) is 0 Å². The highest BCUT2D eigenvalue weighted by atomic mass is 16.4. The Kier molecular flexibility index (Phi) is 3.88. The van der Waals surface area contributed by atoms with Gasteiger partial charge in [-0.3, -0.25) is 4.79 Å². The molecule has 0 radical (unpaired) electrons. The van der Waals surface area contributed by atoms with Crippen molar-refractivity contribution in [3.8, 4) is 0 Å². The maximum atomic E-state index is 11.3. The van der Waals surface area contributed by atoms with Crippen molar-refractivity contribution >= 4 is 17.7 Å². The van der Waals surface area contributed by atoms with Gasteiger partial charge in [-0.15, -0.1) is 0 Å². The van der Waals surface area contributed by atoms with Crippen molar-refractivity contribution in [2.45, 2.75) is 6.42 Å². The van der Waals surface area contributed by atoms with Crippen molar-refractivity contribution in [2.24, 2.45) is 0 Å². The van der Waals surface area contributed by atoms with E-state index in [1.807, 2.05) is 0 Å². The van der Waals surface area contributed by atoms with Crippen molar-refractivity contribution in [3.63, 3.8) is 0 Å². The van der Waals surface area contributed by atoms with Crippen LogP contribution in [0.3, 0.4) is 0 Å². The molecule has 1 rings (SSSR count). The number of rotatable bonds is 3. The molecule has 0 aromatic heterocycles. The number of carboxylic acids is 1. The van der Waals surface area contributed by atoms with Crippen LogP contribution in [0.2, 0.25) is 0 Å². The normalized spacial score (nSPS) is 9.62. The van der Waals surface area contributed by atoms with Crippen molar-refractivity contribution < 1.29 is 14.7 Å². The lowest BCUT2D eigenvalue weighted by Gasteiger charge is -2.12. The first-order valence-corrected chi connectivity index (χ1v) is 4.78. The number of carboxylic acid groups (broad SMARTS) is 1. The predicted octanol–water partition coefficient (Wildman–Crippen LogP) is 1.41. The van der Waals surface area contributed by atoms with Crippen LogP contribution in [0.1, 0.15) is 5.56 Å². The summed E-state index contributed by atoms with van der Waals surface area (Å²) in [6, 6.07) is 6.54. The molecule has 0 heterocycles. The largest absolute Gasteiger partial charge is 0.481 e. The number of aliphatic carboxylic acids is 1. The van der Waals surface area contributed by atoms with Crippen molar-refractivity contribution in [1.82, 2.24) is 4.90 Å². The average Bonchev–Trinajstić information content (AvgIpc) is 2.16. The highest BCUT2D eigenvalue weighted by Gasteiger charge is 2.05. The molecule has 0 aliphatic rings. The van der Waals surface area contributed by atoms with Crippen LogP contribution in [0.25, 0.3) is 0 Å². The van der Waals surface area contributed by atoms with Crippen LogP contribution in [-0.4, -0.2) is 36.1 Å². The van der Waals surface area contributed by atoms with Gasteiger partial charge >= 0.3 is 12.0 Å². The predicted molar refractivity (Wildman–Crippen MR) is 60.5 cm³/mol. The first-order valence-electron chi connectivity index (χ1n) is 4.78. The molecule has 0 aliphatic carbocycles.